The predicted octanol–water partition coefficient (Wildman–Crippen LogP) is 1.65. The van der Waals surface area contributed by atoms with E-state index in [-0.39, 0.29) is 12.5 Å². The molecular formula is C16H21NO5. The lowest BCUT2D eigenvalue weighted by Gasteiger charge is -2.31. The molecule has 1 aliphatic rings. The molecule has 1 aliphatic heterocycles. The molecular weight excluding hydrogens is 286 g/mol. The third-order valence-corrected chi connectivity index (χ3v) is 3.72. The van der Waals surface area contributed by atoms with E-state index in [2.05, 4.69) is 0 Å². The molecule has 120 valence electrons. The number of aliphatic carboxylic acids is 1. The summed E-state index contributed by atoms with van der Waals surface area (Å²) in [6, 6.07) is 7.01. The minimum atomic E-state index is -0.845. The lowest BCUT2D eigenvalue weighted by molar-refractivity contribution is -0.143. The van der Waals surface area contributed by atoms with Crippen molar-refractivity contribution in [3.05, 3.63) is 29.8 Å². The van der Waals surface area contributed by atoms with Crippen molar-refractivity contribution < 1.29 is 24.2 Å². The molecule has 1 fully saturated rings. The van der Waals surface area contributed by atoms with Crippen LogP contribution in [-0.2, 0) is 9.53 Å². The van der Waals surface area contributed by atoms with Gasteiger partial charge in [-0.3, -0.25) is 9.59 Å². The van der Waals surface area contributed by atoms with Crippen LogP contribution in [0.4, 0.5) is 0 Å². The van der Waals surface area contributed by atoms with Gasteiger partial charge in [0.05, 0.1) is 18.1 Å². The molecule has 2 rings (SSSR count). The number of piperidine rings is 1. The number of carbonyl (C=O) groups excluding carboxylic acids is 1. The van der Waals surface area contributed by atoms with Crippen molar-refractivity contribution in [3.63, 3.8) is 0 Å². The predicted molar refractivity (Wildman–Crippen MR) is 80.1 cm³/mol. The maximum absolute atomic E-state index is 12.6. The molecule has 0 bridgehead atoms. The normalized spacial score (nSPS) is 18.0. The summed E-state index contributed by atoms with van der Waals surface area (Å²) in [5.41, 5.74) is 0.463. The maximum atomic E-state index is 12.6. The first kappa shape index (κ1) is 16.3. The number of rotatable bonds is 6. The Bertz CT molecular complexity index is 531. The van der Waals surface area contributed by atoms with Gasteiger partial charge in [0.2, 0.25) is 0 Å². The second-order valence-corrected chi connectivity index (χ2v) is 5.27. The molecule has 1 amide bonds. The molecule has 0 aromatic heterocycles. The Morgan fingerprint density at radius 2 is 2.09 bits per heavy atom. The third-order valence-electron chi connectivity index (χ3n) is 3.72. The molecule has 6 nitrogen and oxygen atoms in total. The van der Waals surface area contributed by atoms with Gasteiger partial charge in [0.15, 0.2) is 0 Å². The van der Waals surface area contributed by atoms with Gasteiger partial charge in [0, 0.05) is 20.2 Å². The van der Waals surface area contributed by atoms with E-state index in [1.54, 1.807) is 36.3 Å². The van der Waals surface area contributed by atoms with Crippen molar-refractivity contribution in [3.8, 4) is 5.75 Å². The smallest absolute Gasteiger partial charge is 0.308 e. The summed E-state index contributed by atoms with van der Waals surface area (Å²) in [6.07, 6.45) is 1.32. The van der Waals surface area contributed by atoms with Crippen molar-refractivity contribution in [2.45, 2.75) is 12.8 Å². The van der Waals surface area contributed by atoms with E-state index in [1.165, 1.54) is 0 Å². The number of para-hydroxylation sites is 1. The summed E-state index contributed by atoms with van der Waals surface area (Å²) < 4.78 is 10.5. The van der Waals surface area contributed by atoms with E-state index in [0.29, 0.717) is 43.9 Å². The van der Waals surface area contributed by atoms with Crippen LogP contribution in [0.1, 0.15) is 23.2 Å². The van der Waals surface area contributed by atoms with Crippen LogP contribution >= 0.6 is 0 Å². The highest BCUT2D eigenvalue weighted by Crippen LogP contribution is 2.23. The fourth-order valence-electron chi connectivity index (χ4n) is 2.54. The molecule has 1 heterocycles. The summed E-state index contributed by atoms with van der Waals surface area (Å²) in [5.74, 6) is -1.01. The van der Waals surface area contributed by atoms with E-state index in [0.717, 1.165) is 0 Å². The first-order chi connectivity index (χ1) is 10.6. The van der Waals surface area contributed by atoms with Gasteiger partial charge in [0.1, 0.15) is 12.4 Å². The first-order valence-electron chi connectivity index (χ1n) is 7.36. The number of ether oxygens (including phenoxy) is 2. The summed E-state index contributed by atoms with van der Waals surface area (Å²) in [7, 11) is 1.58. The number of nitrogens with zero attached hydrogens (tertiary/aromatic N) is 1. The number of carbonyl (C=O) groups is 2. The number of carboxylic acids is 1. The lowest BCUT2D eigenvalue weighted by atomic mass is 9.97. The molecule has 1 aromatic carbocycles. The van der Waals surface area contributed by atoms with Crippen LogP contribution in [-0.4, -0.2) is 55.3 Å². The van der Waals surface area contributed by atoms with Crippen molar-refractivity contribution in [2.75, 3.05) is 33.4 Å². The Labute approximate surface area is 129 Å². The van der Waals surface area contributed by atoms with Crippen LogP contribution in [0.3, 0.4) is 0 Å². The molecule has 0 saturated carbocycles. The Kier molecular flexibility index (Phi) is 5.77. The molecule has 1 unspecified atom stereocenters. The van der Waals surface area contributed by atoms with Gasteiger partial charge in [0.25, 0.3) is 5.91 Å². The van der Waals surface area contributed by atoms with E-state index < -0.39 is 11.9 Å². The van der Waals surface area contributed by atoms with Gasteiger partial charge < -0.3 is 19.5 Å². The molecule has 6 heteroatoms. The largest absolute Gasteiger partial charge is 0.490 e. The first-order valence-corrected chi connectivity index (χ1v) is 7.36. The second kappa shape index (κ2) is 7.79. The van der Waals surface area contributed by atoms with Gasteiger partial charge in [-0.05, 0) is 25.0 Å². The van der Waals surface area contributed by atoms with Crippen LogP contribution in [0.5, 0.6) is 5.75 Å². The van der Waals surface area contributed by atoms with Crippen molar-refractivity contribution >= 4 is 11.9 Å². The Morgan fingerprint density at radius 1 is 1.32 bits per heavy atom. The number of amides is 1. The Morgan fingerprint density at radius 3 is 2.82 bits per heavy atom. The number of methoxy groups -OCH3 is 1. The summed E-state index contributed by atoms with van der Waals surface area (Å²) >= 11 is 0. The lowest BCUT2D eigenvalue weighted by Crippen LogP contribution is -2.42. The monoisotopic (exact) mass is 307 g/mol. The van der Waals surface area contributed by atoms with Gasteiger partial charge in [-0.2, -0.15) is 0 Å². The fourth-order valence-corrected chi connectivity index (χ4v) is 2.54. The van der Waals surface area contributed by atoms with Gasteiger partial charge in [-0.25, -0.2) is 0 Å². The van der Waals surface area contributed by atoms with Crippen LogP contribution in [0, 0.1) is 5.92 Å². The minimum Gasteiger partial charge on any atom is -0.490 e. The van der Waals surface area contributed by atoms with Crippen LogP contribution in [0.15, 0.2) is 24.3 Å². The topological polar surface area (TPSA) is 76.1 Å². The second-order valence-electron chi connectivity index (χ2n) is 5.27. The number of hydrogen-bond donors (Lipinski definition) is 1. The molecule has 0 aliphatic carbocycles. The zero-order valence-corrected chi connectivity index (χ0v) is 12.7. The standard InChI is InChI=1S/C16H21NO5/c1-21-9-10-22-14-7-3-2-6-13(14)15(18)17-8-4-5-12(11-17)16(19)20/h2-3,6-7,12H,4-5,8-11H2,1H3,(H,19,20). The van der Waals surface area contributed by atoms with Gasteiger partial charge in [-0.1, -0.05) is 12.1 Å². The van der Waals surface area contributed by atoms with Crippen LogP contribution < -0.4 is 4.74 Å². The summed E-state index contributed by atoms with van der Waals surface area (Å²) in [5, 5.41) is 9.13. The molecule has 0 spiro atoms. The van der Waals surface area contributed by atoms with Crippen LogP contribution in [0.2, 0.25) is 0 Å². The van der Waals surface area contributed by atoms with Crippen molar-refractivity contribution in [1.82, 2.24) is 4.90 Å². The molecule has 1 atom stereocenters. The van der Waals surface area contributed by atoms with E-state index in [1.807, 2.05) is 0 Å². The third kappa shape index (κ3) is 3.98. The molecule has 1 aromatic rings. The number of benzene rings is 1. The molecule has 1 N–H and O–H groups in total. The van der Waals surface area contributed by atoms with Crippen molar-refractivity contribution in [1.29, 1.82) is 0 Å². The summed E-state index contributed by atoms with van der Waals surface area (Å²) in [4.78, 5) is 25.4. The highest BCUT2D eigenvalue weighted by molar-refractivity contribution is 5.97. The Balaban J connectivity index is 2.10. The highest BCUT2D eigenvalue weighted by Gasteiger charge is 2.29. The average Bonchev–Trinajstić information content (AvgIpc) is 2.55. The summed E-state index contributed by atoms with van der Waals surface area (Å²) in [6.45, 7) is 1.63. The fraction of sp³-hybridized carbons (Fsp3) is 0.500. The van der Waals surface area contributed by atoms with Crippen LogP contribution in [0.25, 0.3) is 0 Å². The van der Waals surface area contributed by atoms with Gasteiger partial charge >= 0.3 is 5.97 Å². The zero-order chi connectivity index (χ0) is 15.9. The molecule has 22 heavy (non-hydrogen) atoms. The highest BCUT2D eigenvalue weighted by atomic mass is 16.5. The number of carboxylic acid groups (broad SMARTS) is 1. The number of likely N-dealkylation sites (tertiary alicyclic amines) is 1. The Hall–Kier alpha value is -2.08. The number of hydrogen-bond acceptors (Lipinski definition) is 4. The van der Waals surface area contributed by atoms with Crippen molar-refractivity contribution in [2.24, 2.45) is 5.92 Å². The molecule has 1 saturated heterocycles. The van der Waals surface area contributed by atoms with E-state index in [4.69, 9.17) is 14.6 Å². The van der Waals surface area contributed by atoms with E-state index >= 15 is 0 Å². The SMILES string of the molecule is COCCOc1ccccc1C(=O)N1CCCC(C(=O)O)C1. The average molecular weight is 307 g/mol. The zero-order valence-electron chi connectivity index (χ0n) is 12.7. The minimum absolute atomic E-state index is 0.182. The molecule has 0 radical (unpaired) electrons. The maximum Gasteiger partial charge on any atom is 0.308 e. The van der Waals surface area contributed by atoms with E-state index in [9.17, 15) is 9.59 Å². The van der Waals surface area contributed by atoms with Gasteiger partial charge in [-0.15, -0.1) is 0 Å². The quantitative estimate of drug-likeness (QED) is 0.809.